The second kappa shape index (κ2) is 6.40. The van der Waals surface area contributed by atoms with Gasteiger partial charge in [-0.25, -0.2) is 4.98 Å². The molecule has 23 heavy (non-hydrogen) atoms. The molecule has 0 amide bonds. The van der Waals surface area contributed by atoms with Crippen LogP contribution in [0.5, 0.6) is 11.5 Å². The fourth-order valence-corrected chi connectivity index (χ4v) is 2.75. The van der Waals surface area contributed by atoms with Crippen LogP contribution in [0.15, 0.2) is 36.7 Å². The van der Waals surface area contributed by atoms with Gasteiger partial charge in [-0.1, -0.05) is 11.6 Å². The quantitative estimate of drug-likeness (QED) is 0.742. The Hall–Kier alpha value is -2.37. The van der Waals surface area contributed by atoms with Crippen molar-refractivity contribution in [3.63, 3.8) is 0 Å². The molecule has 1 aromatic carbocycles. The van der Waals surface area contributed by atoms with Crippen LogP contribution < -0.4 is 9.47 Å². The van der Waals surface area contributed by atoms with Crippen LogP contribution in [0.3, 0.4) is 0 Å². The first-order chi connectivity index (χ1) is 11.2. The number of halogens is 1. The van der Waals surface area contributed by atoms with E-state index >= 15 is 0 Å². The van der Waals surface area contributed by atoms with Crippen LogP contribution >= 0.6 is 11.6 Å². The van der Waals surface area contributed by atoms with Crippen LogP contribution in [0.2, 0.25) is 5.15 Å². The van der Waals surface area contributed by atoms with E-state index in [0.717, 1.165) is 22.0 Å². The molecule has 118 valence electrons. The van der Waals surface area contributed by atoms with Crippen molar-refractivity contribution < 1.29 is 14.6 Å². The van der Waals surface area contributed by atoms with E-state index < -0.39 is 0 Å². The van der Waals surface area contributed by atoms with Crippen LogP contribution in [0.1, 0.15) is 5.56 Å². The zero-order valence-electron chi connectivity index (χ0n) is 12.7. The van der Waals surface area contributed by atoms with Gasteiger partial charge < -0.3 is 14.6 Å². The molecule has 0 unspecified atom stereocenters. The Kier molecular flexibility index (Phi) is 4.32. The van der Waals surface area contributed by atoms with Crippen LogP contribution in [0.4, 0.5) is 0 Å². The molecule has 0 fully saturated rings. The number of methoxy groups -OCH3 is 2. The van der Waals surface area contributed by atoms with E-state index in [0.29, 0.717) is 22.2 Å². The van der Waals surface area contributed by atoms with Crippen molar-refractivity contribution in [1.29, 1.82) is 0 Å². The number of aliphatic hydroxyl groups excluding tert-OH is 1. The summed E-state index contributed by atoms with van der Waals surface area (Å²) < 4.78 is 10.7. The summed E-state index contributed by atoms with van der Waals surface area (Å²) in [6.45, 7) is -0.132. The van der Waals surface area contributed by atoms with Crippen LogP contribution in [-0.4, -0.2) is 29.3 Å². The highest BCUT2D eigenvalue weighted by molar-refractivity contribution is 6.29. The molecule has 0 saturated carbocycles. The summed E-state index contributed by atoms with van der Waals surface area (Å²) in [7, 11) is 3.16. The maximum Gasteiger partial charge on any atom is 0.162 e. The number of hydrogen-bond donors (Lipinski definition) is 1. The predicted octanol–water partition coefficient (Wildman–Crippen LogP) is 3.46. The zero-order valence-corrected chi connectivity index (χ0v) is 13.5. The molecule has 0 aliphatic carbocycles. The lowest BCUT2D eigenvalue weighted by atomic mass is 9.97. The van der Waals surface area contributed by atoms with E-state index in [1.54, 1.807) is 32.7 Å². The average molecular weight is 331 g/mol. The molecule has 5 nitrogen and oxygen atoms in total. The first kappa shape index (κ1) is 15.5. The molecule has 2 heterocycles. The highest BCUT2D eigenvalue weighted by atomic mass is 35.5. The number of nitrogens with zero attached hydrogens (tertiary/aromatic N) is 2. The number of ether oxygens (including phenoxy) is 2. The molecule has 3 aromatic rings. The predicted molar refractivity (Wildman–Crippen MR) is 89.0 cm³/mol. The van der Waals surface area contributed by atoms with Gasteiger partial charge >= 0.3 is 0 Å². The average Bonchev–Trinajstić information content (AvgIpc) is 2.59. The Morgan fingerprint density at radius 2 is 1.83 bits per heavy atom. The van der Waals surface area contributed by atoms with Gasteiger partial charge in [-0.2, -0.15) is 0 Å². The van der Waals surface area contributed by atoms with Crippen molar-refractivity contribution >= 4 is 22.5 Å². The molecule has 6 heteroatoms. The minimum absolute atomic E-state index is 0.132. The monoisotopic (exact) mass is 330 g/mol. The van der Waals surface area contributed by atoms with Crippen LogP contribution in [-0.2, 0) is 6.61 Å². The first-order valence-electron chi connectivity index (χ1n) is 6.94. The van der Waals surface area contributed by atoms with E-state index in [-0.39, 0.29) is 6.61 Å². The summed E-state index contributed by atoms with van der Waals surface area (Å²) >= 11 is 6.01. The van der Waals surface area contributed by atoms with Crippen molar-refractivity contribution in [2.45, 2.75) is 6.61 Å². The molecule has 0 saturated heterocycles. The maximum absolute atomic E-state index is 9.69. The number of aliphatic hydroxyl groups is 1. The lowest BCUT2D eigenvalue weighted by Crippen LogP contribution is -1.97. The summed E-state index contributed by atoms with van der Waals surface area (Å²) in [5, 5.41) is 10.9. The molecule has 0 spiro atoms. The number of benzene rings is 1. The van der Waals surface area contributed by atoms with E-state index in [4.69, 9.17) is 21.1 Å². The first-order valence-corrected chi connectivity index (χ1v) is 7.32. The lowest BCUT2D eigenvalue weighted by molar-refractivity contribution is 0.282. The van der Waals surface area contributed by atoms with Gasteiger partial charge in [0, 0.05) is 29.4 Å². The van der Waals surface area contributed by atoms with Gasteiger partial charge in [0.05, 0.1) is 26.3 Å². The summed E-state index contributed by atoms with van der Waals surface area (Å²) in [6, 6.07) is 7.26. The van der Waals surface area contributed by atoms with Crippen molar-refractivity contribution in [3.05, 3.63) is 47.4 Å². The normalized spacial score (nSPS) is 10.8. The molecular weight excluding hydrogens is 316 g/mol. The Balaban J connectivity index is 2.37. The summed E-state index contributed by atoms with van der Waals surface area (Å²) in [5.41, 5.74) is 3.14. The number of pyridine rings is 2. The minimum Gasteiger partial charge on any atom is -0.493 e. The maximum atomic E-state index is 9.69. The van der Waals surface area contributed by atoms with Crippen molar-refractivity contribution in [2.75, 3.05) is 14.2 Å². The van der Waals surface area contributed by atoms with E-state index in [1.165, 1.54) is 0 Å². The highest BCUT2D eigenvalue weighted by Gasteiger charge is 2.15. The molecule has 0 aliphatic rings. The Labute approximate surface area is 138 Å². The Morgan fingerprint density at radius 3 is 2.48 bits per heavy atom. The van der Waals surface area contributed by atoms with Gasteiger partial charge in [-0.15, -0.1) is 0 Å². The number of rotatable bonds is 4. The van der Waals surface area contributed by atoms with E-state index in [1.807, 2.05) is 18.2 Å². The Bertz CT molecular complexity index is 868. The topological polar surface area (TPSA) is 64.5 Å². The van der Waals surface area contributed by atoms with Crippen LogP contribution in [0, 0.1) is 0 Å². The molecule has 0 aliphatic heterocycles. The molecule has 1 N–H and O–H groups in total. The fourth-order valence-electron chi connectivity index (χ4n) is 2.58. The zero-order chi connectivity index (χ0) is 16.4. The van der Waals surface area contributed by atoms with Gasteiger partial charge in [0.1, 0.15) is 5.15 Å². The summed E-state index contributed by atoms with van der Waals surface area (Å²) in [4.78, 5) is 8.41. The fraction of sp³-hybridized carbons (Fsp3) is 0.176. The van der Waals surface area contributed by atoms with Gasteiger partial charge in [0.2, 0.25) is 0 Å². The van der Waals surface area contributed by atoms with Crippen molar-refractivity contribution in [1.82, 2.24) is 9.97 Å². The molecule has 0 atom stereocenters. The number of aromatic nitrogens is 2. The third-order valence-electron chi connectivity index (χ3n) is 3.64. The lowest BCUT2D eigenvalue weighted by Gasteiger charge is -2.14. The highest BCUT2D eigenvalue weighted by Crippen LogP contribution is 2.38. The number of hydrogen-bond acceptors (Lipinski definition) is 5. The Morgan fingerprint density at radius 1 is 1.09 bits per heavy atom. The molecule has 0 bridgehead atoms. The van der Waals surface area contributed by atoms with Gasteiger partial charge in [0.15, 0.2) is 11.5 Å². The third-order valence-corrected chi connectivity index (χ3v) is 3.84. The minimum atomic E-state index is -0.132. The molecule has 0 radical (unpaired) electrons. The van der Waals surface area contributed by atoms with Gasteiger partial charge in [0.25, 0.3) is 0 Å². The SMILES string of the molecule is COc1cc2ncc(CO)c(-c3ccnc(Cl)c3)c2cc1OC. The summed E-state index contributed by atoms with van der Waals surface area (Å²) in [5.74, 6) is 1.20. The van der Waals surface area contributed by atoms with Crippen molar-refractivity contribution in [2.24, 2.45) is 0 Å². The smallest absolute Gasteiger partial charge is 0.162 e. The second-order valence-corrected chi connectivity index (χ2v) is 5.30. The summed E-state index contributed by atoms with van der Waals surface area (Å²) in [6.07, 6.45) is 3.28. The second-order valence-electron chi connectivity index (χ2n) is 4.91. The largest absolute Gasteiger partial charge is 0.493 e. The van der Waals surface area contributed by atoms with Gasteiger partial charge in [-0.3, -0.25) is 4.98 Å². The molecular formula is C17H15ClN2O3. The number of fused-ring (bicyclic) bond motifs is 1. The molecule has 2 aromatic heterocycles. The van der Waals surface area contributed by atoms with Gasteiger partial charge in [-0.05, 0) is 29.3 Å². The third kappa shape index (κ3) is 2.81. The molecule has 3 rings (SSSR count). The van der Waals surface area contributed by atoms with E-state index in [9.17, 15) is 5.11 Å². The standard InChI is InChI=1S/C17H15ClN2O3/c1-22-14-6-12-13(7-15(14)23-2)20-8-11(9-21)17(12)10-3-4-19-16(18)5-10/h3-8,21H,9H2,1-2H3. The van der Waals surface area contributed by atoms with E-state index in [2.05, 4.69) is 9.97 Å². The van der Waals surface area contributed by atoms with Crippen LogP contribution in [0.25, 0.3) is 22.0 Å². The van der Waals surface area contributed by atoms with Crippen molar-refractivity contribution in [3.8, 4) is 22.6 Å².